The highest BCUT2D eigenvalue weighted by Gasteiger charge is 2.23. The predicted molar refractivity (Wildman–Crippen MR) is 115 cm³/mol. The molecule has 1 heterocycles. The highest BCUT2D eigenvalue weighted by Crippen LogP contribution is 2.37. The molecule has 2 aromatic carbocycles. The van der Waals surface area contributed by atoms with Crippen LogP contribution in [0.5, 0.6) is 11.5 Å². The Kier molecular flexibility index (Phi) is 6.59. The number of hydrogen-bond donors (Lipinski definition) is 2. The number of benzene rings is 2. The van der Waals surface area contributed by atoms with Crippen molar-refractivity contribution in [2.24, 2.45) is 0 Å². The van der Waals surface area contributed by atoms with E-state index in [0.717, 1.165) is 4.90 Å². The summed E-state index contributed by atoms with van der Waals surface area (Å²) in [5.74, 6) is 0.814. The van der Waals surface area contributed by atoms with E-state index < -0.39 is 10.0 Å². The molecule has 9 heteroatoms. The van der Waals surface area contributed by atoms with Gasteiger partial charge in [0.1, 0.15) is 11.5 Å². The Morgan fingerprint density at radius 2 is 1.90 bits per heavy atom. The molecule has 0 bridgehead atoms. The number of sulfonamides is 1. The van der Waals surface area contributed by atoms with Crippen molar-refractivity contribution in [2.75, 3.05) is 23.3 Å². The Labute approximate surface area is 175 Å². The molecule has 0 aromatic heterocycles. The van der Waals surface area contributed by atoms with Crippen molar-refractivity contribution in [3.8, 4) is 11.5 Å². The maximum atomic E-state index is 13.0. The maximum absolute atomic E-state index is 13.0. The van der Waals surface area contributed by atoms with E-state index in [1.54, 1.807) is 36.0 Å². The minimum atomic E-state index is -3.91. The molecular formula is C20H24N2O5S2. The van der Waals surface area contributed by atoms with Crippen LogP contribution in [0.25, 0.3) is 0 Å². The molecule has 0 unspecified atom stereocenters. The molecule has 7 nitrogen and oxygen atoms in total. The van der Waals surface area contributed by atoms with Crippen LogP contribution in [-0.4, -0.2) is 32.8 Å². The third-order valence-electron chi connectivity index (χ3n) is 4.14. The number of carbonyl (C=O) groups excluding carboxylic acids is 1. The summed E-state index contributed by atoms with van der Waals surface area (Å²) >= 11 is 1.54. The van der Waals surface area contributed by atoms with Crippen LogP contribution in [-0.2, 0) is 14.8 Å². The van der Waals surface area contributed by atoms with Gasteiger partial charge >= 0.3 is 0 Å². The van der Waals surface area contributed by atoms with Crippen molar-refractivity contribution in [3.63, 3.8) is 0 Å². The van der Waals surface area contributed by atoms with Crippen LogP contribution in [0.1, 0.15) is 27.2 Å². The fraction of sp³-hybridized carbons (Fsp3) is 0.350. The van der Waals surface area contributed by atoms with Crippen molar-refractivity contribution >= 4 is 39.1 Å². The molecular weight excluding hydrogens is 412 g/mol. The first-order chi connectivity index (χ1) is 13.8. The molecule has 0 fully saturated rings. The Morgan fingerprint density at radius 1 is 1.14 bits per heavy atom. The standard InChI is InChI=1S/C20H24N2O5S2/c1-4-26-14-6-8-18(27-5-2)16(11-14)22-29(24,25)15-7-9-19-17(12-15)21-20(23)10-13(3)28-19/h6-9,11-13,22H,4-5,10H2,1-3H3,(H,21,23)/t13-/m0/s1. The van der Waals surface area contributed by atoms with E-state index >= 15 is 0 Å². The number of thioether (sulfide) groups is 1. The Bertz CT molecular complexity index is 1010. The lowest BCUT2D eigenvalue weighted by Crippen LogP contribution is -2.16. The second-order valence-corrected chi connectivity index (χ2v) is 9.63. The van der Waals surface area contributed by atoms with Gasteiger partial charge < -0.3 is 14.8 Å². The highest BCUT2D eigenvalue weighted by atomic mass is 32.2. The zero-order valence-electron chi connectivity index (χ0n) is 16.5. The average molecular weight is 437 g/mol. The Balaban J connectivity index is 1.94. The van der Waals surface area contributed by atoms with Crippen LogP contribution in [0.2, 0.25) is 0 Å². The lowest BCUT2D eigenvalue weighted by Gasteiger charge is -2.15. The van der Waals surface area contributed by atoms with Crippen LogP contribution < -0.4 is 19.5 Å². The first-order valence-electron chi connectivity index (χ1n) is 9.35. The van der Waals surface area contributed by atoms with E-state index in [4.69, 9.17) is 9.47 Å². The van der Waals surface area contributed by atoms with Gasteiger partial charge in [-0.05, 0) is 44.2 Å². The summed E-state index contributed by atoms with van der Waals surface area (Å²) in [5, 5.41) is 2.91. The monoisotopic (exact) mass is 436 g/mol. The van der Waals surface area contributed by atoms with E-state index in [0.29, 0.717) is 42.5 Å². The fourth-order valence-electron chi connectivity index (χ4n) is 2.93. The SMILES string of the molecule is CCOc1ccc(OCC)c(NS(=O)(=O)c2ccc3c(c2)NC(=O)C[C@H](C)S3)c1. The van der Waals surface area contributed by atoms with Gasteiger partial charge in [-0.25, -0.2) is 8.42 Å². The van der Waals surface area contributed by atoms with Gasteiger partial charge in [0.2, 0.25) is 5.91 Å². The molecule has 3 rings (SSSR count). The van der Waals surface area contributed by atoms with Gasteiger partial charge in [-0.15, -0.1) is 11.8 Å². The second kappa shape index (κ2) is 8.96. The number of nitrogens with one attached hydrogen (secondary N) is 2. The fourth-order valence-corrected chi connectivity index (χ4v) is 5.07. The molecule has 0 saturated heterocycles. The van der Waals surface area contributed by atoms with Crippen molar-refractivity contribution in [1.29, 1.82) is 0 Å². The quantitative estimate of drug-likeness (QED) is 0.678. The summed E-state index contributed by atoms with van der Waals surface area (Å²) in [6, 6.07) is 9.72. The van der Waals surface area contributed by atoms with Crippen molar-refractivity contribution in [1.82, 2.24) is 0 Å². The second-order valence-electron chi connectivity index (χ2n) is 6.47. The van der Waals surface area contributed by atoms with Gasteiger partial charge in [0.25, 0.3) is 10.0 Å². The third kappa shape index (κ3) is 5.16. The Hall–Kier alpha value is -2.39. The molecule has 0 aliphatic carbocycles. The molecule has 2 N–H and O–H groups in total. The van der Waals surface area contributed by atoms with Crippen LogP contribution in [0, 0.1) is 0 Å². The zero-order chi connectivity index (χ0) is 21.0. The number of anilines is 2. The zero-order valence-corrected chi connectivity index (χ0v) is 18.2. The average Bonchev–Trinajstić information content (AvgIpc) is 2.79. The van der Waals surface area contributed by atoms with Crippen LogP contribution in [0.3, 0.4) is 0 Å². The van der Waals surface area contributed by atoms with Crippen LogP contribution in [0.15, 0.2) is 46.2 Å². The maximum Gasteiger partial charge on any atom is 0.262 e. The summed E-state index contributed by atoms with van der Waals surface area (Å²) in [7, 11) is -3.91. The number of hydrogen-bond acceptors (Lipinski definition) is 6. The van der Waals surface area contributed by atoms with Crippen LogP contribution >= 0.6 is 11.8 Å². The van der Waals surface area contributed by atoms with Crippen molar-refractivity contribution < 1.29 is 22.7 Å². The van der Waals surface area contributed by atoms with E-state index in [1.807, 2.05) is 20.8 Å². The molecule has 0 saturated carbocycles. The van der Waals surface area contributed by atoms with E-state index in [1.165, 1.54) is 12.1 Å². The van der Waals surface area contributed by atoms with Gasteiger partial charge in [0.05, 0.1) is 29.5 Å². The summed E-state index contributed by atoms with van der Waals surface area (Å²) in [6.07, 6.45) is 0.377. The first-order valence-corrected chi connectivity index (χ1v) is 11.7. The summed E-state index contributed by atoms with van der Waals surface area (Å²) in [5.41, 5.74) is 0.792. The normalized spacial score (nSPS) is 16.4. The lowest BCUT2D eigenvalue weighted by atomic mass is 10.3. The summed E-state index contributed by atoms with van der Waals surface area (Å²) in [4.78, 5) is 12.9. The smallest absolute Gasteiger partial charge is 0.262 e. The van der Waals surface area contributed by atoms with Crippen LogP contribution in [0.4, 0.5) is 11.4 Å². The molecule has 1 atom stereocenters. The topological polar surface area (TPSA) is 93.7 Å². The first kappa shape index (κ1) is 21.3. The number of fused-ring (bicyclic) bond motifs is 1. The molecule has 29 heavy (non-hydrogen) atoms. The molecule has 1 aliphatic rings. The van der Waals surface area contributed by atoms with Gasteiger partial charge in [-0.1, -0.05) is 6.92 Å². The largest absolute Gasteiger partial charge is 0.494 e. The molecule has 1 aliphatic heterocycles. The molecule has 0 radical (unpaired) electrons. The molecule has 0 spiro atoms. The number of ether oxygens (including phenoxy) is 2. The Morgan fingerprint density at radius 3 is 2.62 bits per heavy atom. The van der Waals surface area contributed by atoms with Gasteiger partial charge in [0.15, 0.2) is 0 Å². The predicted octanol–water partition coefficient (Wildman–Crippen LogP) is 4.11. The number of rotatable bonds is 7. The molecule has 1 amide bonds. The van der Waals surface area contributed by atoms with Crippen molar-refractivity contribution in [3.05, 3.63) is 36.4 Å². The molecule has 156 valence electrons. The summed E-state index contributed by atoms with van der Waals surface area (Å²) in [6.45, 7) is 6.49. The minimum Gasteiger partial charge on any atom is -0.494 e. The van der Waals surface area contributed by atoms with E-state index in [2.05, 4.69) is 10.0 Å². The highest BCUT2D eigenvalue weighted by molar-refractivity contribution is 8.00. The van der Waals surface area contributed by atoms with Gasteiger partial charge in [0, 0.05) is 22.6 Å². The number of amides is 1. The minimum absolute atomic E-state index is 0.0518. The lowest BCUT2D eigenvalue weighted by molar-refractivity contribution is -0.116. The number of carbonyl (C=O) groups is 1. The van der Waals surface area contributed by atoms with Crippen molar-refractivity contribution in [2.45, 2.75) is 42.2 Å². The van der Waals surface area contributed by atoms with E-state index in [-0.39, 0.29) is 16.1 Å². The van der Waals surface area contributed by atoms with Gasteiger partial charge in [-0.3, -0.25) is 9.52 Å². The van der Waals surface area contributed by atoms with Gasteiger partial charge in [-0.2, -0.15) is 0 Å². The third-order valence-corrected chi connectivity index (χ3v) is 6.68. The van der Waals surface area contributed by atoms with E-state index in [9.17, 15) is 13.2 Å². The molecule has 2 aromatic rings. The summed E-state index contributed by atoms with van der Waals surface area (Å²) < 4.78 is 39.6.